The van der Waals surface area contributed by atoms with Crippen molar-refractivity contribution >= 4 is 18.0 Å². The first-order chi connectivity index (χ1) is 9.76. The number of likely N-dealkylation sites (tertiary alicyclic amines) is 1. The predicted molar refractivity (Wildman–Crippen MR) is 72.2 cm³/mol. The molecule has 6 nitrogen and oxygen atoms in total. The first kappa shape index (κ1) is 13.1. The van der Waals surface area contributed by atoms with E-state index in [2.05, 4.69) is 15.1 Å². The number of piperidine rings is 1. The van der Waals surface area contributed by atoms with Gasteiger partial charge in [0.15, 0.2) is 0 Å². The zero-order chi connectivity index (χ0) is 13.9. The lowest BCUT2D eigenvalue weighted by Crippen LogP contribution is -2.31. The molecule has 0 N–H and O–H groups in total. The molecule has 20 heavy (non-hydrogen) atoms. The second kappa shape index (κ2) is 5.58. The van der Waals surface area contributed by atoms with Gasteiger partial charge in [0.2, 0.25) is 18.1 Å². The van der Waals surface area contributed by atoms with Crippen LogP contribution in [0.3, 0.4) is 0 Å². The van der Waals surface area contributed by atoms with E-state index in [1.807, 2.05) is 0 Å². The molecule has 1 amide bonds. The summed E-state index contributed by atoms with van der Waals surface area (Å²) in [6.07, 6.45) is 4.18. The molecule has 7 heteroatoms. The summed E-state index contributed by atoms with van der Waals surface area (Å²) in [5, 5.41) is 4.38. The average Bonchev–Trinajstić information content (AvgIpc) is 2.97. The smallest absolute Gasteiger partial charge is 0.230 e. The van der Waals surface area contributed by atoms with Crippen LogP contribution in [-0.4, -0.2) is 39.5 Å². The quantitative estimate of drug-likeness (QED) is 0.640. The largest absolute Gasteiger partial charge is 0.345 e. The maximum Gasteiger partial charge on any atom is 0.230 e. The standard InChI is InChI=1S/C13H13ClN4O2/c14-11-7-10(1-4-15-11)12-16-13(20-17-12)9-2-5-18(8-19)6-3-9/h1,4,7-9H,2-3,5-6H2. The number of amides is 1. The van der Waals surface area contributed by atoms with E-state index in [1.54, 1.807) is 23.2 Å². The summed E-state index contributed by atoms with van der Waals surface area (Å²) in [7, 11) is 0. The van der Waals surface area contributed by atoms with Crippen LogP contribution in [0.4, 0.5) is 0 Å². The van der Waals surface area contributed by atoms with Gasteiger partial charge in [0, 0.05) is 30.8 Å². The fourth-order valence-corrected chi connectivity index (χ4v) is 2.49. The second-order valence-corrected chi connectivity index (χ2v) is 5.13. The van der Waals surface area contributed by atoms with E-state index in [4.69, 9.17) is 16.1 Å². The van der Waals surface area contributed by atoms with E-state index in [0.717, 1.165) is 37.9 Å². The third-order valence-corrected chi connectivity index (χ3v) is 3.66. The molecular formula is C13H13ClN4O2. The van der Waals surface area contributed by atoms with Crippen molar-refractivity contribution in [3.63, 3.8) is 0 Å². The SMILES string of the molecule is O=CN1CCC(c2nc(-c3ccnc(Cl)c3)no2)CC1. The van der Waals surface area contributed by atoms with Gasteiger partial charge in [-0.25, -0.2) is 4.98 Å². The summed E-state index contributed by atoms with van der Waals surface area (Å²) >= 11 is 5.85. The molecule has 1 saturated heterocycles. The number of carbonyl (C=O) groups is 1. The van der Waals surface area contributed by atoms with Gasteiger partial charge in [-0.1, -0.05) is 16.8 Å². The van der Waals surface area contributed by atoms with E-state index in [1.165, 1.54) is 0 Å². The second-order valence-electron chi connectivity index (χ2n) is 4.74. The molecule has 0 saturated carbocycles. The Balaban J connectivity index is 1.76. The van der Waals surface area contributed by atoms with E-state index in [9.17, 15) is 4.79 Å². The molecule has 0 aromatic carbocycles. The molecule has 1 fully saturated rings. The van der Waals surface area contributed by atoms with Crippen LogP contribution in [0.15, 0.2) is 22.9 Å². The Morgan fingerprint density at radius 2 is 2.20 bits per heavy atom. The summed E-state index contributed by atoms with van der Waals surface area (Å²) < 4.78 is 5.34. The Kier molecular flexibility index (Phi) is 3.64. The summed E-state index contributed by atoms with van der Waals surface area (Å²) in [6.45, 7) is 1.46. The molecule has 2 aromatic rings. The Morgan fingerprint density at radius 3 is 2.90 bits per heavy atom. The van der Waals surface area contributed by atoms with Crippen molar-refractivity contribution in [2.75, 3.05) is 13.1 Å². The summed E-state index contributed by atoms with van der Waals surface area (Å²) in [4.78, 5) is 20.8. The van der Waals surface area contributed by atoms with Crippen molar-refractivity contribution in [1.29, 1.82) is 0 Å². The molecule has 1 aliphatic heterocycles. The minimum atomic E-state index is 0.213. The number of nitrogens with zero attached hydrogens (tertiary/aromatic N) is 4. The fourth-order valence-electron chi connectivity index (χ4n) is 2.31. The first-order valence-corrected chi connectivity index (χ1v) is 6.79. The minimum Gasteiger partial charge on any atom is -0.345 e. The van der Waals surface area contributed by atoms with Gasteiger partial charge < -0.3 is 9.42 Å². The van der Waals surface area contributed by atoms with Crippen molar-refractivity contribution in [3.05, 3.63) is 29.4 Å². The maximum atomic E-state index is 10.7. The number of hydrogen-bond acceptors (Lipinski definition) is 5. The van der Waals surface area contributed by atoms with Crippen LogP contribution in [0.2, 0.25) is 5.15 Å². The molecule has 3 rings (SSSR count). The molecule has 2 aromatic heterocycles. The van der Waals surface area contributed by atoms with E-state index in [-0.39, 0.29) is 5.92 Å². The van der Waals surface area contributed by atoms with Crippen molar-refractivity contribution < 1.29 is 9.32 Å². The van der Waals surface area contributed by atoms with Crippen LogP contribution >= 0.6 is 11.6 Å². The van der Waals surface area contributed by atoms with Crippen LogP contribution in [-0.2, 0) is 4.79 Å². The molecule has 0 aliphatic carbocycles. The highest BCUT2D eigenvalue weighted by Crippen LogP contribution is 2.28. The van der Waals surface area contributed by atoms with Crippen molar-refractivity contribution in [1.82, 2.24) is 20.0 Å². The van der Waals surface area contributed by atoms with Crippen LogP contribution in [0.25, 0.3) is 11.4 Å². The predicted octanol–water partition coefficient (Wildman–Crippen LogP) is 2.12. The molecule has 0 atom stereocenters. The lowest BCUT2D eigenvalue weighted by Gasteiger charge is -2.26. The molecule has 0 spiro atoms. The third-order valence-electron chi connectivity index (χ3n) is 3.45. The minimum absolute atomic E-state index is 0.213. The van der Waals surface area contributed by atoms with Crippen molar-refractivity contribution in [3.8, 4) is 11.4 Å². The highest BCUT2D eigenvalue weighted by Gasteiger charge is 2.24. The van der Waals surface area contributed by atoms with Crippen LogP contribution in [0, 0.1) is 0 Å². The summed E-state index contributed by atoms with van der Waals surface area (Å²) in [5.74, 6) is 1.35. The highest BCUT2D eigenvalue weighted by atomic mass is 35.5. The maximum absolute atomic E-state index is 10.7. The molecule has 0 radical (unpaired) electrons. The summed E-state index contributed by atoms with van der Waals surface area (Å²) in [6, 6.07) is 3.49. The number of hydrogen-bond donors (Lipinski definition) is 0. The van der Waals surface area contributed by atoms with Crippen LogP contribution in [0.1, 0.15) is 24.7 Å². The van der Waals surface area contributed by atoms with Gasteiger partial charge in [0.1, 0.15) is 5.15 Å². The van der Waals surface area contributed by atoms with Crippen LogP contribution < -0.4 is 0 Å². The Bertz CT molecular complexity index is 608. The molecule has 1 aliphatic rings. The molecule has 104 valence electrons. The normalized spacial score (nSPS) is 16.4. The fraction of sp³-hybridized carbons (Fsp3) is 0.385. The van der Waals surface area contributed by atoms with Gasteiger partial charge in [-0.2, -0.15) is 4.98 Å². The molecule has 3 heterocycles. The Hall–Kier alpha value is -1.95. The number of aromatic nitrogens is 3. The number of rotatable bonds is 3. The zero-order valence-electron chi connectivity index (χ0n) is 10.7. The zero-order valence-corrected chi connectivity index (χ0v) is 11.5. The number of halogens is 1. The molecular weight excluding hydrogens is 280 g/mol. The van der Waals surface area contributed by atoms with E-state index >= 15 is 0 Å². The molecule has 0 bridgehead atoms. The lowest BCUT2D eigenvalue weighted by atomic mass is 9.97. The lowest BCUT2D eigenvalue weighted by molar-refractivity contribution is -0.119. The van der Waals surface area contributed by atoms with Gasteiger partial charge in [-0.3, -0.25) is 4.79 Å². The van der Waals surface area contributed by atoms with Gasteiger partial charge in [-0.05, 0) is 25.0 Å². The topological polar surface area (TPSA) is 72.1 Å². The number of pyridine rings is 1. The van der Waals surface area contributed by atoms with Gasteiger partial charge in [0.25, 0.3) is 0 Å². The molecule has 0 unspecified atom stereocenters. The van der Waals surface area contributed by atoms with Crippen molar-refractivity contribution in [2.24, 2.45) is 0 Å². The Morgan fingerprint density at radius 1 is 1.40 bits per heavy atom. The average molecular weight is 293 g/mol. The Labute approximate surface area is 120 Å². The summed E-state index contributed by atoms with van der Waals surface area (Å²) in [5.41, 5.74) is 0.783. The van der Waals surface area contributed by atoms with Crippen LogP contribution in [0.5, 0.6) is 0 Å². The van der Waals surface area contributed by atoms with E-state index in [0.29, 0.717) is 16.9 Å². The van der Waals surface area contributed by atoms with Gasteiger partial charge in [0.05, 0.1) is 0 Å². The van der Waals surface area contributed by atoms with E-state index < -0.39 is 0 Å². The first-order valence-electron chi connectivity index (χ1n) is 6.41. The van der Waals surface area contributed by atoms with Gasteiger partial charge in [-0.15, -0.1) is 0 Å². The monoisotopic (exact) mass is 292 g/mol. The highest BCUT2D eigenvalue weighted by molar-refractivity contribution is 6.29. The number of carbonyl (C=O) groups excluding carboxylic acids is 1. The third kappa shape index (κ3) is 2.65. The van der Waals surface area contributed by atoms with Crippen molar-refractivity contribution in [2.45, 2.75) is 18.8 Å². The van der Waals surface area contributed by atoms with Gasteiger partial charge >= 0.3 is 0 Å².